The van der Waals surface area contributed by atoms with Crippen LogP contribution in [0, 0.1) is 0 Å². The van der Waals surface area contributed by atoms with Crippen molar-refractivity contribution in [3.8, 4) is 0 Å². The van der Waals surface area contributed by atoms with Gasteiger partial charge in [0, 0.05) is 13.6 Å². The Morgan fingerprint density at radius 1 is 1.15 bits per heavy atom. The number of amides is 1. The molecule has 2 rings (SSSR count). The van der Waals surface area contributed by atoms with E-state index in [1.165, 1.54) is 11.8 Å². The first-order valence-electron chi connectivity index (χ1n) is 6.61. The van der Waals surface area contributed by atoms with Crippen molar-refractivity contribution in [1.82, 2.24) is 15.3 Å². The van der Waals surface area contributed by atoms with Crippen molar-refractivity contribution >= 4 is 11.7 Å². The fraction of sp³-hybridized carbons (Fsp3) is 0.267. The molecule has 0 aliphatic rings. The number of nitrogens with zero attached hydrogens (tertiary/aromatic N) is 2. The third-order valence-electron chi connectivity index (χ3n) is 2.91. The molecule has 0 radical (unpaired) electrons. The molecule has 0 bridgehead atoms. The molecule has 104 valence electrons. The number of rotatable bonds is 6. The van der Waals surface area contributed by atoms with E-state index in [2.05, 4.69) is 32.7 Å². The Morgan fingerprint density at radius 3 is 2.60 bits per heavy atom. The smallest absolute Gasteiger partial charge is 0.271 e. The van der Waals surface area contributed by atoms with Crippen LogP contribution in [0.2, 0.25) is 0 Å². The third-order valence-corrected chi connectivity index (χ3v) is 2.91. The summed E-state index contributed by atoms with van der Waals surface area (Å²) >= 11 is 0. The van der Waals surface area contributed by atoms with E-state index in [4.69, 9.17) is 0 Å². The van der Waals surface area contributed by atoms with Gasteiger partial charge in [0.15, 0.2) is 0 Å². The van der Waals surface area contributed by atoms with Crippen LogP contribution in [0.25, 0.3) is 0 Å². The average molecular weight is 270 g/mol. The van der Waals surface area contributed by atoms with Gasteiger partial charge >= 0.3 is 0 Å². The molecule has 2 N–H and O–H groups in total. The van der Waals surface area contributed by atoms with Gasteiger partial charge in [0.1, 0.15) is 11.5 Å². The number of carbonyl (C=O) groups is 1. The van der Waals surface area contributed by atoms with Gasteiger partial charge in [0.2, 0.25) is 0 Å². The standard InChI is InChI=1S/C15H18N4O/c1-16-14-11-18-13(10-19-14)15(20)17-9-5-8-12-6-3-2-4-7-12/h2-4,6-7,10-11H,5,8-9H2,1H3,(H,16,19)(H,17,20). The summed E-state index contributed by atoms with van der Waals surface area (Å²) in [5.41, 5.74) is 1.61. The van der Waals surface area contributed by atoms with Gasteiger partial charge in [-0.2, -0.15) is 0 Å². The number of carbonyl (C=O) groups excluding carboxylic acids is 1. The Kier molecular flexibility index (Phi) is 5.06. The van der Waals surface area contributed by atoms with Crippen LogP contribution in [0.3, 0.4) is 0 Å². The maximum Gasteiger partial charge on any atom is 0.271 e. The minimum atomic E-state index is -0.187. The molecular weight excluding hydrogens is 252 g/mol. The minimum Gasteiger partial charge on any atom is -0.372 e. The second kappa shape index (κ2) is 7.23. The number of hydrogen-bond acceptors (Lipinski definition) is 4. The monoisotopic (exact) mass is 270 g/mol. The summed E-state index contributed by atoms with van der Waals surface area (Å²) in [5.74, 6) is 0.457. The van der Waals surface area contributed by atoms with E-state index in [0.29, 0.717) is 18.1 Å². The maximum atomic E-state index is 11.8. The van der Waals surface area contributed by atoms with Gasteiger partial charge in [0.25, 0.3) is 5.91 Å². The molecule has 2 aromatic rings. The van der Waals surface area contributed by atoms with E-state index in [1.54, 1.807) is 13.2 Å². The summed E-state index contributed by atoms with van der Waals surface area (Å²) in [7, 11) is 1.76. The van der Waals surface area contributed by atoms with Crippen LogP contribution in [0.5, 0.6) is 0 Å². The molecule has 1 heterocycles. The highest BCUT2D eigenvalue weighted by molar-refractivity contribution is 5.91. The van der Waals surface area contributed by atoms with Gasteiger partial charge < -0.3 is 10.6 Å². The molecule has 1 amide bonds. The number of aryl methyl sites for hydroxylation is 1. The predicted octanol–water partition coefficient (Wildman–Crippen LogP) is 1.88. The second-order valence-corrected chi connectivity index (χ2v) is 4.38. The molecule has 0 saturated heterocycles. The summed E-state index contributed by atoms with van der Waals surface area (Å²) in [5, 5.41) is 5.70. The Balaban J connectivity index is 1.74. The maximum absolute atomic E-state index is 11.8. The van der Waals surface area contributed by atoms with Gasteiger partial charge in [-0.3, -0.25) is 4.79 Å². The van der Waals surface area contributed by atoms with Gasteiger partial charge in [-0.1, -0.05) is 30.3 Å². The molecule has 0 aliphatic heterocycles. The van der Waals surface area contributed by atoms with Gasteiger partial charge in [-0.15, -0.1) is 0 Å². The van der Waals surface area contributed by atoms with Crippen molar-refractivity contribution in [2.45, 2.75) is 12.8 Å². The first-order valence-corrected chi connectivity index (χ1v) is 6.61. The molecule has 0 saturated carbocycles. The zero-order valence-electron chi connectivity index (χ0n) is 11.5. The quantitative estimate of drug-likeness (QED) is 0.787. The molecule has 0 aliphatic carbocycles. The molecule has 1 aromatic carbocycles. The van der Waals surface area contributed by atoms with Crippen molar-refractivity contribution in [1.29, 1.82) is 0 Å². The van der Waals surface area contributed by atoms with Crippen molar-refractivity contribution < 1.29 is 4.79 Å². The fourth-order valence-electron chi connectivity index (χ4n) is 1.80. The van der Waals surface area contributed by atoms with Crippen molar-refractivity contribution in [3.63, 3.8) is 0 Å². The first-order chi connectivity index (χ1) is 9.79. The number of hydrogen-bond donors (Lipinski definition) is 2. The predicted molar refractivity (Wildman–Crippen MR) is 78.7 cm³/mol. The van der Waals surface area contributed by atoms with Crippen LogP contribution in [0.15, 0.2) is 42.7 Å². The molecule has 0 fully saturated rings. The van der Waals surface area contributed by atoms with Crippen LogP contribution in [-0.2, 0) is 6.42 Å². The summed E-state index contributed by atoms with van der Waals surface area (Å²) in [6.07, 6.45) is 4.86. The van der Waals surface area contributed by atoms with Crippen LogP contribution < -0.4 is 10.6 Å². The highest BCUT2D eigenvalue weighted by Crippen LogP contribution is 2.02. The molecular formula is C15H18N4O. The molecule has 20 heavy (non-hydrogen) atoms. The van der Waals surface area contributed by atoms with Crippen LogP contribution in [-0.4, -0.2) is 29.5 Å². The Labute approximate surface area is 118 Å². The largest absolute Gasteiger partial charge is 0.372 e. The highest BCUT2D eigenvalue weighted by Gasteiger charge is 2.06. The molecule has 5 heteroatoms. The van der Waals surface area contributed by atoms with E-state index in [1.807, 2.05) is 18.2 Å². The Bertz CT molecular complexity index is 540. The zero-order valence-corrected chi connectivity index (χ0v) is 11.5. The van der Waals surface area contributed by atoms with Gasteiger partial charge in [0.05, 0.1) is 12.4 Å². The van der Waals surface area contributed by atoms with E-state index in [9.17, 15) is 4.79 Å². The van der Waals surface area contributed by atoms with Gasteiger partial charge in [-0.25, -0.2) is 9.97 Å². The highest BCUT2D eigenvalue weighted by atomic mass is 16.1. The molecule has 5 nitrogen and oxygen atoms in total. The Hall–Kier alpha value is -2.43. The summed E-state index contributed by atoms with van der Waals surface area (Å²) in [6.45, 7) is 0.628. The Morgan fingerprint density at radius 2 is 1.95 bits per heavy atom. The second-order valence-electron chi connectivity index (χ2n) is 4.38. The van der Waals surface area contributed by atoms with E-state index >= 15 is 0 Å². The van der Waals surface area contributed by atoms with Crippen LogP contribution in [0.4, 0.5) is 5.82 Å². The van der Waals surface area contributed by atoms with Crippen molar-refractivity contribution in [2.75, 3.05) is 18.9 Å². The number of nitrogens with one attached hydrogen (secondary N) is 2. The topological polar surface area (TPSA) is 66.9 Å². The lowest BCUT2D eigenvalue weighted by Crippen LogP contribution is -2.25. The molecule has 0 atom stereocenters. The van der Waals surface area contributed by atoms with Crippen molar-refractivity contribution in [2.24, 2.45) is 0 Å². The number of benzene rings is 1. The minimum absolute atomic E-state index is 0.187. The molecule has 0 unspecified atom stereocenters. The third kappa shape index (κ3) is 4.05. The SMILES string of the molecule is CNc1cnc(C(=O)NCCCc2ccccc2)cn1. The molecule has 1 aromatic heterocycles. The van der Waals surface area contributed by atoms with E-state index in [-0.39, 0.29) is 5.91 Å². The number of anilines is 1. The van der Waals surface area contributed by atoms with Gasteiger partial charge in [-0.05, 0) is 18.4 Å². The number of aromatic nitrogens is 2. The lowest BCUT2D eigenvalue weighted by molar-refractivity contribution is 0.0948. The summed E-state index contributed by atoms with van der Waals surface area (Å²) < 4.78 is 0. The lowest BCUT2D eigenvalue weighted by Gasteiger charge is -2.05. The lowest BCUT2D eigenvalue weighted by atomic mass is 10.1. The van der Waals surface area contributed by atoms with Crippen LogP contribution >= 0.6 is 0 Å². The summed E-state index contributed by atoms with van der Waals surface area (Å²) in [6, 6.07) is 10.2. The van der Waals surface area contributed by atoms with E-state index < -0.39 is 0 Å². The normalized spacial score (nSPS) is 10.1. The van der Waals surface area contributed by atoms with Crippen molar-refractivity contribution in [3.05, 3.63) is 54.0 Å². The van der Waals surface area contributed by atoms with Crippen LogP contribution in [0.1, 0.15) is 22.5 Å². The summed E-state index contributed by atoms with van der Waals surface area (Å²) in [4.78, 5) is 19.9. The fourth-order valence-corrected chi connectivity index (χ4v) is 1.80. The zero-order chi connectivity index (χ0) is 14.2. The average Bonchev–Trinajstić information content (AvgIpc) is 2.52. The van der Waals surface area contributed by atoms with E-state index in [0.717, 1.165) is 12.8 Å². The molecule has 0 spiro atoms. The first kappa shape index (κ1) is 14.0.